The third-order valence-corrected chi connectivity index (χ3v) is 7.06. The predicted molar refractivity (Wildman–Crippen MR) is 164 cm³/mol. The zero-order chi connectivity index (χ0) is 28.3. The fourth-order valence-corrected chi connectivity index (χ4v) is 4.72. The number of hydrogen-bond acceptors (Lipinski definition) is 3. The first-order valence-corrected chi connectivity index (χ1v) is 13.0. The van der Waals surface area contributed by atoms with Crippen molar-refractivity contribution >= 4 is 38.5 Å². The van der Waals surface area contributed by atoms with E-state index < -0.39 is 0 Å². The Balaban J connectivity index is 1.97. The number of para-hydroxylation sites is 3. The Bertz CT molecular complexity index is 1580. The summed E-state index contributed by atoms with van der Waals surface area (Å²) in [4.78, 5) is 0. The lowest BCUT2D eigenvalue weighted by Crippen LogP contribution is -2.64. The minimum atomic E-state index is 0.715. The fourth-order valence-electron chi connectivity index (χ4n) is 4.72. The van der Waals surface area contributed by atoms with Crippen LogP contribution in [0.25, 0.3) is 38.5 Å². The molecule has 4 rings (SSSR count). The summed E-state index contributed by atoms with van der Waals surface area (Å²) >= 11 is 0. The van der Waals surface area contributed by atoms with Crippen LogP contribution in [-0.4, -0.2) is 0 Å². The molecule has 0 N–H and O–H groups in total. The van der Waals surface area contributed by atoms with Crippen molar-refractivity contribution in [2.24, 2.45) is 0 Å². The molecular formula is C36H36O3. The molecule has 198 valence electrons. The highest BCUT2D eigenvalue weighted by Gasteiger charge is 2.06. The molecule has 0 aliphatic rings. The summed E-state index contributed by atoms with van der Waals surface area (Å²) in [6.45, 7) is 25.3. The lowest BCUT2D eigenvalue weighted by Gasteiger charge is -2.10. The Morgan fingerprint density at radius 3 is 0.821 bits per heavy atom. The summed E-state index contributed by atoms with van der Waals surface area (Å²) in [6.07, 6.45) is 5.14. The van der Waals surface area contributed by atoms with E-state index in [9.17, 15) is 0 Å². The number of rotatable bonds is 6. The van der Waals surface area contributed by atoms with Gasteiger partial charge in [0.05, 0.1) is 18.8 Å². The molecule has 0 aromatic heterocycles. The van der Waals surface area contributed by atoms with Gasteiger partial charge in [-0.05, 0) is 90.6 Å². The van der Waals surface area contributed by atoms with Crippen LogP contribution in [0.5, 0.6) is 17.2 Å². The fraction of sp³-hybridized carbons (Fsp3) is 0.167. The molecule has 0 aliphatic carbocycles. The van der Waals surface area contributed by atoms with Crippen molar-refractivity contribution in [1.29, 1.82) is 0 Å². The highest BCUT2D eigenvalue weighted by atomic mass is 16.5. The van der Waals surface area contributed by atoms with Gasteiger partial charge >= 0.3 is 0 Å². The molecule has 0 heterocycles. The maximum atomic E-state index is 6.23. The van der Waals surface area contributed by atoms with Gasteiger partial charge in [-0.25, -0.2) is 0 Å². The summed E-state index contributed by atoms with van der Waals surface area (Å²) in [5.41, 5.74) is 6.29. The Morgan fingerprint density at radius 1 is 0.410 bits per heavy atom. The number of aryl methyl sites for hydroxylation is 6. The molecule has 3 nitrogen and oxygen atoms in total. The molecule has 0 spiro atoms. The average Bonchev–Trinajstić information content (AvgIpc) is 2.88. The predicted octanol–water partition coefficient (Wildman–Crippen LogP) is 4.22. The molecule has 0 aliphatic heterocycles. The van der Waals surface area contributed by atoms with Gasteiger partial charge in [0.15, 0.2) is 0 Å². The molecule has 4 aromatic rings. The van der Waals surface area contributed by atoms with Gasteiger partial charge in [-0.2, -0.15) is 0 Å². The molecule has 0 saturated carbocycles. The van der Waals surface area contributed by atoms with Crippen LogP contribution in [0.15, 0.2) is 54.6 Å². The second-order valence-electron chi connectivity index (χ2n) is 10.0. The van der Waals surface area contributed by atoms with E-state index in [0.29, 0.717) is 15.7 Å². The second-order valence-corrected chi connectivity index (χ2v) is 10.0. The molecule has 0 saturated heterocycles. The van der Waals surface area contributed by atoms with E-state index in [4.69, 9.17) is 14.2 Å². The van der Waals surface area contributed by atoms with Crippen LogP contribution in [0.4, 0.5) is 0 Å². The summed E-state index contributed by atoms with van der Waals surface area (Å²) in [5.74, 6) is 2.43. The molecule has 0 amide bonds. The van der Waals surface area contributed by atoms with Crippen LogP contribution < -0.4 is 45.5 Å². The standard InChI is InChI=1S/C36H36O3/c1-22-13-10-14-23(2)34(22)37-19-31-28(7)32(20-38-35-24(3)15-11-16-25(35)4)30(9)33(29(31)8)21-39-36-26(5)17-12-18-27(36)6/h10-21H,7-9H2,1-6H3. The van der Waals surface area contributed by atoms with Crippen LogP contribution in [0.2, 0.25) is 0 Å². The van der Waals surface area contributed by atoms with E-state index in [0.717, 1.165) is 66.3 Å². The third kappa shape index (κ3) is 5.68. The largest absolute Gasteiger partial charge is 0.464 e. The first kappa shape index (κ1) is 27.5. The molecule has 4 aromatic carbocycles. The van der Waals surface area contributed by atoms with Crippen molar-refractivity contribution < 1.29 is 14.2 Å². The summed E-state index contributed by atoms with van der Waals surface area (Å²) < 4.78 is 18.7. The van der Waals surface area contributed by atoms with Gasteiger partial charge in [-0.3, -0.25) is 0 Å². The van der Waals surface area contributed by atoms with Crippen LogP contribution in [0.1, 0.15) is 33.4 Å². The minimum Gasteiger partial charge on any atom is -0.464 e. The number of benzene rings is 4. The van der Waals surface area contributed by atoms with E-state index in [2.05, 4.69) is 19.7 Å². The first-order valence-electron chi connectivity index (χ1n) is 13.0. The third-order valence-electron chi connectivity index (χ3n) is 7.06. The van der Waals surface area contributed by atoms with Crippen molar-refractivity contribution in [3.63, 3.8) is 0 Å². The van der Waals surface area contributed by atoms with Gasteiger partial charge in [0, 0.05) is 15.7 Å². The van der Waals surface area contributed by atoms with E-state index in [1.165, 1.54) is 0 Å². The molecular weight excluding hydrogens is 480 g/mol. The molecule has 0 bridgehead atoms. The van der Waals surface area contributed by atoms with E-state index >= 15 is 0 Å². The highest BCUT2D eigenvalue weighted by Crippen LogP contribution is 2.24. The van der Waals surface area contributed by atoms with E-state index in [1.807, 2.05) is 96.1 Å². The van der Waals surface area contributed by atoms with Crippen molar-refractivity contribution in [3.8, 4) is 17.2 Å². The Labute approximate surface area is 230 Å². The summed E-state index contributed by atoms with van der Waals surface area (Å²) in [7, 11) is 0. The van der Waals surface area contributed by atoms with Crippen LogP contribution >= 0.6 is 0 Å². The van der Waals surface area contributed by atoms with Crippen molar-refractivity contribution in [2.75, 3.05) is 0 Å². The van der Waals surface area contributed by atoms with Gasteiger partial charge in [0.1, 0.15) is 17.2 Å². The van der Waals surface area contributed by atoms with Gasteiger partial charge in [-0.15, -0.1) is 0 Å². The molecule has 39 heavy (non-hydrogen) atoms. The summed E-state index contributed by atoms with van der Waals surface area (Å²) in [5, 5.41) is 4.39. The first-order chi connectivity index (χ1) is 18.6. The SMILES string of the molecule is C=c1c(=COc2c(C)cccc2C)c(=C)c(=COc2c(C)cccc2C)c(=C)c1=COc1c(C)cccc1C. The van der Waals surface area contributed by atoms with Gasteiger partial charge in [-0.1, -0.05) is 74.3 Å². The maximum absolute atomic E-state index is 6.23. The molecule has 3 heteroatoms. The van der Waals surface area contributed by atoms with Crippen molar-refractivity contribution in [2.45, 2.75) is 41.5 Å². The number of ether oxygens (including phenoxy) is 3. The molecule has 0 atom stereocenters. The van der Waals surface area contributed by atoms with E-state index in [1.54, 1.807) is 18.8 Å². The van der Waals surface area contributed by atoms with Gasteiger partial charge in [0.25, 0.3) is 0 Å². The zero-order valence-corrected chi connectivity index (χ0v) is 23.8. The van der Waals surface area contributed by atoms with Crippen LogP contribution in [0.3, 0.4) is 0 Å². The smallest absolute Gasteiger partial charge is 0.132 e. The molecule has 0 radical (unpaired) electrons. The quantitative estimate of drug-likeness (QED) is 0.384. The topological polar surface area (TPSA) is 27.7 Å². The molecule has 0 fully saturated rings. The van der Waals surface area contributed by atoms with Crippen molar-refractivity contribution in [3.05, 3.63) is 119 Å². The average molecular weight is 517 g/mol. The Kier molecular flexibility index (Phi) is 8.11. The maximum Gasteiger partial charge on any atom is 0.132 e. The molecule has 0 unspecified atom stereocenters. The van der Waals surface area contributed by atoms with E-state index in [-0.39, 0.29) is 0 Å². The zero-order valence-electron chi connectivity index (χ0n) is 23.8. The van der Waals surface area contributed by atoms with Crippen molar-refractivity contribution in [1.82, 2.24) is 0 Å². The Morgan fingerprint density at radius 2 is 0.615 bits per heavy atom. The van der Waals surface area contributed by atoms with Crippen LogP contribution in [-0.2, 0) is 0 Å². The normalized spacial score (nSPS) is 10.6. The lowest BCUT2D eigenvalue weighted by molar-refractivity contribution is 0.525. The highest BCUT2D eigenvalue weighted by molar-refractivity contribution is 5.47. The van der Waals surface area contributed by atoms with Crippen LogP contribution in [0, 0.1) is 41.5 Å². The summed E-state index contributed by atoms with van der Waals surface area (Å²) in [6, 6.07) is 18.2. The minimum absolute atomic E-state index is 0.715. The monoisotopic (exact) mass is 516 g/mol. The second kappa shape index (κ2) is 11.5. The lowest BCUT2D eigenvalue weighted by atomic mass is 10.1. The van der Waals surface area contributed by atoms with Gasteiger partial charge < -0.3 is 14.2 Å². The Hall–Kier alpha value is -4.50. The van der Waals surface area contributed by atoms with Gasteiger partial charge in [0.2, 0.25) is 0 Å². The number of hydrogen-bond donors (Lipinski definition) is 0.